The molecule has 1 aromatic heterocycles. The predicted octanol–water partition coefficient (Wildman–Crippen LogP) is 2.39. The topological polar surface area (TPSA) is 37.0 Å². The summed E-state index contributed by atoms with van der Waals surface area (Å²) in [7, 11) is 0. The van der Waals surface area contributed by atoms with E-state index < -0.39 is 0 Å². The van der Waals surface area contributed by atoms with Crippen molar-refractivity contribution in [3.05, 3.63) is 22.6 Å². The molecule has 0 amide bonds. The molecular formula is C10H15BrFN3. The van der Waals surface area contributed by atoms with Crippen LogP contribution in [-0.4, -0.2) is 24.1 Å². The predicted molar refractivity (Wildman–Crippen MR) is 63.5 cm³/mol. The number of rotatable bonds is 5. The highest BCUT2D eigenvalue weighted by atomic mass is 79.9. The Bertz CT molecular complexity index is 318. The highest BCUT2D eigenvalue weighted by Gasteiger charge is 2.02. The van der Waals surface area contributed by atoms with Crippen LogP contribution in [0.1, 0.15) is 13.8 Å². The SMILES string of the molecule is CC(C)NCCNc1ncc(Br)cc1F. The number of hydrogen-bond donors (Lipinski definition) is 2. The summed E-state index contributed by atoms with van der Waals surface area (Å²) in [5.41, 5.74) is 0. The maximum atomic E-state index is 13.3. The van der Waals surface area contributed by atoms with Crippen LogP contribution < -0.4 is 10.6 Å². The van der Waals surface area contributed by atoms with Crippen molar-refractivity contribution in [1.29, 1.82) is 0 Å². The minimum atomic E-state index is -0.339. The lowest BCUT2D eigenvalue weighted by Crippen LogP contribution is -2.28. The van der Waals surface area contributed by atoms with Gasteiger partial charge in [-0.15, -0.1) is 0 Å². The first-order valence-electron chi connectivity index (χ1n) is 4.88. The summed E-state index contributed by atoms with van der Waals surface area (Å²) in [6.45, 7) is 5.58. The van der Waals surface area contributed by atoms with Crippen LogP contribution >= 0.6 is 15.9 Å². The Morgan fingerprint density at radius 3 is 2.80 bits per heavy atom. The summed E-state index contributed by atoms with van der Waals surface area (Å²) in [5, 5.41) is 6.15. The molecule has 0 aliphatic rings. The highest BCUT2D eigenvalue weighted by Crippen LogP contribution is 2.15. The number of aromatic nitrogens is 1. The minimum absolute atomic E-state index is 0.295. The molecule has 0 atom stereocenters. The monoisotopic (exact) mass is 275 g/mol. The number of halogens is 2. The molecule has 0 aliphatic carbocycles. The van der Waals surface area contributed by atoms with Crippen molar-refractivity contribution in [3.8, 4) is 0 Å². The van der Waals surface area contributed by atoms with Gasteiger partial charge in [0.05, 0.1) is 0 Å². The molecule has 0 saturated heterocycles. The molecule has 0 aliphatic heterocycles. The van der Waals surface area contributed by atoms with Crippen LogP contribution in [0.25, 0.3) is 0 Å². The smallest absolute Gasteiger partial charge is 0.166 e. The number of pyridine rings is 1. The second-order valence-corrected chi connectivity index (χ2v) is 4.44. The number of anilines is 1. The molecular weight excluding hydrogens is 261 g/mol. The molecule has 15 heavy (non-hydrogen) atoms. The Balaban J connectivity index is 2.37. The maximum absolute atomic E-state index is 13.3. The zero-order valence-electron chi connectivity index (χ0n) is 8.85. The highest BCUT2D eigenvalue weighted by molar-refractivity contribution is 9.10. The maximum Gasteiger partial charge on any atom is 0.166 e. The molecule has 0 spiro atoms. The van der Waals surface area contributed by atoms with Crippen molar-refractivity contribution in [2.24, 2.45) is 0 Å². The van der Waals surface area contributed by atoms with E-state index >= 15 is 0 Å². The van der Waals surface area contributed by atoms with Crippen LogP contribution in [0, 0.1) is 5.82 Å². The molecule has 0 radical (unpaired) electrons. The van der Waals surface area contributed by atoms with E-state index in [1.54, 1.807) is 6.20 Å². The van der Waals surface area contributed by atoms with Crippen molar-refractivity contribution >= 4 is 21.7 Å². The van der Waals surface area contributed by atoms with Crippen molar-refractivity contribution < 1.29 is 4.39 Å². The van der Waals surface area contributed by atoms with E-state index in [9.17, 15) is 4.39 Å². The fourth-order valence-electron chi connectivity index (χ4n) is 1.09. The van der Waals surface area contributed by atoms with Crippen LogP contribution in [0.5, 0.6) is 0 Å². The Morgan fingerprint density at radius 1 is 1.47 bits per heavy atom. The molecule has 0 aromatic carbocycles. The number of hydrogen-bond acceptors (Lipinski definition) is 3. The average molecular weight is 276 g/mol. The first kappa shape index (κ1) is 12.4. The standard InChI is InChI=1S/C10H15BrFN3/c1-7(2)13-3-4-14-10-9(12)5-8(11)6-15-10/h5-7,13H,3-4H2,1-2H3,(H,14,15). The van der Waals surface area contributed by atoms with Crippen LogP contribution in [0.3, 0.4) is 0 Å². The fraction of sp³-hybridized carbons (Fsp3) is 0.500. The Hall–Kier alpha value is -0.680. The molecule has 0 fully saturated rings. The number of nitrogens with one attached hydrogen (secondary N) is 2. The number of nitrogens with zero attached hydrogens (tertiary/aromatic N) is 1. The third-order valence-corrected chi connectivity index (χ3v) is 2.21. The normalized spacial score (nSPS) is 10.7. The summed E-state index contributed by atoms with van der Waals surface area (Å²) in [6.07, 6.45) is 1.57. The van der Waals surface area contributed by atoms with Crippen LogP contribution in [0.2, 0.25) is 0 Å². The third kappa shape index (κ3) is 4.57. The van der Waals surface area contributed by atoms with Gasteiger partial charge < -0.3 is 10.6 Å². The van der Waals surface area contributed by atoms with Gasteiger partial charge in [-0.2, -0.15) is 0 Å². The van der Waals surface area contributed by atoms with E-state index in [0.29, 0.717) is 22.9 Å². The first-order valence-corrected chi connectivity index (χ1v) is 5.67. The lowest BCUT2D eigenvalue weighted by molar-refractivity contribution is 0.596. The molecule has 1 rings (SSSR count). The summed E-state index contributed by atoms with van der Waals surface area (Å²) >= 11 is 3.15. The van der Waals surface area contributed by atoms with Gasteiger partial charge in [0.2, 0.25) is 0 Å². The van der Waals surface area contributed by atoms with E-state index in [2.05, 4.69) is 45.4 Å². The Morgan fingerprint density at radius 2 is 2.20 bits per heavy atom. The molecule has 1 heterocycles. The van der Waals surface area contributed by atoms with Crippen LogP contribution in [0.4, 0.5) is 10.2 Å². The van der Waals surface area contributed by atoms with E-state index in [1.807, 2.05) is 0 Å². The summed E-state index contributed by atoms with van der Waals surface area (Å²) < 4.78 is 13.9. The second kappa shape index (κ2) is 6.02. The molecule has 84 valence electrons. The third-order valence-electron chi connectivity index (χ3n) is 1.78. The van der Waals surface area contributed by atoms with Crippen LogP contribution in [0.15, 0.2) is 16.7 Å². The average Bonchev–Trinajstić information content (AvgIpc) is 2.14. The van der Waals surface area contributed by atoms with Crippen molar-refractivity contribution in [2.75, 3.05) is 18.4 Å². The van der Waals surface area contributed by atoms with Gasteiger partial charge in [-0.25, -0.2) is 9.37 Å². The van der Waals surface area contributed by atoms with Crippen LogP contribution in [-0.2, 0) is 0 Å². The van der Waals surface area contributed by atoms with Gasteiger partial charge in [0.25, 0.3) is 0 Å². The molecule has 0 bridgehead atoms. The summed E-state index contributed by atoms with van der Waals surface area (Å²) in [6, 6.07) is 1.83. The van der Waals surface area contributed by atoms with Gasteiger partial charge >= 0.3 is 0 Å². The van der Waals surface area contributed by atoms with Gasteiger partial charge in [0, 0.05) is 29.8 Å². The van der Waals surface area contributed by atoms with E-state index in [1.165, 1.54) is 6.07 Å². The Labute approximate surface area is 97.6 Å². The van der Waals surface area contributed by atoms with Crippen molar-refractivity contribution in [1.82, 2.24) is 10.3 Å². The first-order chi connectivity index (χ1) is 7.09. The van der Waals surface area contributed by atoms with E-state index in [0.717, 1.165) is 6.54 Å². The second-order valence-electron chi connectivity index (χ2n) is 3.52. The van der Waals surface area contributed by atoms with E-state index in [-0.39, 0.29) is 5.82 Å². The summed E-state index contributed by atoms with van der Waals surface area (Å²) in [4.78, 5) is 3.93. The molecule has 0 saturated carbocycles. The zero-order chi connectivity index (χ0) is 11.3. The zero-order valence-corrected chi connectivity index (χ0v) is 10.4. The largest absolute Gasteiger partial charge is 0.366 e. The van der Waals surface area contributed by atoms with Gasteiger partial charge in [-0.3, -0.25) is 0 Å². The van der Waals surface area contributed by atoms with Crippen molar-refractivity contribution in [2.45, 2.75) is 19.9 Å². The minimum Gasteiger partial charge on any atom is -0.366 e. The van der Waals surface area contributed by atoms with E-state index in [4.69, 9.17) is 0 Å². The fourth-order valence-corrected chi connectivity index (χ4v) is 1.39. The van der Waals surface area contributed by atoms with Gasteiger partial charge in [0.15, 0.2) is 11.6 Å². The lowest BCUT2D eigenvalue weighted by Gasteiger charge is -2.09. The molecule has 3 nitrogen and oxygen atoms in total. The van der Waals surface area contributed by atoms with Gasteiger partial charge in [0.1, 0.15) is 0 Å². The molecule has 0 unspecified atom stereocenters. The van der Waals surface area contributed by atoms with Crippen molar-refractivity contribution in [3.63, 3.8) is 0 Å². The van der Waals surface area contributed by atoms with Gasteiger partial charge in [-0.05, 0) is 22.0 Å². The molecule has 5 heteroatoms. The summed E-state index contributed by atoms with van der Waals surface area (Å²) in [5.74, 6) is -0.0438. The van der Waals surface area contributed by atoms with Gasteiger partial charge in [-0.1, -0.05) is 13.8 Å². The molecule has 1 aromatic rings. The Kier molecular flexibility index (Phi) is 4.98. The quantitative estimate of drug-likeness (QED) is 0.811. The molecule has 2 N–H and O–H groups in total. The lowest BCUT2D eigenvalue weighted by atomic mass is 10.4.